The van der Waals surface area contributed by atoms with Crippen LogP contribution in [0.3, 0.4) is 0 Å². The third-order valence-corrected chi connectivity index (χ3v) is 6.35. The van der Waals surface area contributed by atoms with E-state index in [-0.39, 0.29) is 31.3 Å². The van der Waals surface area contributed by atoms with E-state index in [1.807, 2.05) is 52.0 Å². The highest BCUT2D eigenvalue weighted by molar-refractivity contribution is 5.80. The third-order valence-electron chi connectivity index (χ3n) is 6.35. The average Bonchev–Trinajstić information content (AvgIpc) is 3.09. The van der Waals surface area contributed by atoms with Crippen LogP contribution in [-0.4, -0.2) is 41.8 Å². The maximum atomic E-state index is 12.6. The maximum Gasteiger partial charge on any atom is 0.407 e. The lowest BCUT2D eigenvalue weighted by atomic mass is 9.84. The standard InChI is InChI=1S/C27H34N2O5/c1-5-17(14-24(30)29-23(15-25(31)32)27(2,3)4)28-26(33)34-16-22-20-12-8-6-10-18(20)19-11-7-9-13-21(19)22/h6-13,17,22-23H,5,14-16H2,1-4H3,(H,28,33)(H,29,30)(H,31,32)/t17-,23?/m1/s1. The van der Waals surface area contributed by atoms with Crippen molar-refractivity contribution in [3.8, 4) is 11.1 Å². The zero-order valence-corrected chi connectivity index (χ0v) is 20.3. The molecule has 2 amide bonds. The van der Waals surface area contributed by atoms with Gasteiger partial charge in [-0.25, -0.2) is 4.79 Å². The molecule has 0 spiro atoms. The van der Waals surface area contributed by atoms with Crippen LogP contribution in [0.2, 0.25) is 0 Å². The van der Waals surface area contributed by atoms with Gasteiger partial charge in [-0.2, -0.15) is 0 Å². The summed E-state index contributed by atoms with van der Waals surface area (Å²) in [6, 6.07) is 15.3. The number of nitrogens with one attached hydrogen (secondary N) is 2. The first-order chi connectivity index (χ1) is 16.1. The van der Waals surface area contributed by atoms with Crippen molar-refractivity contribution in [2.75, 3.05) is 6.61 Å². The average molecular weight is 467 g/mol. The predicted molar refractivity (Wildman–Crippen MR) is 131 cm³/mol. The Morgan fingerprint density at radius 2 is 1.50 bits per heavy atom. The van der Waals surface area contributed by atoms with Gasteiger partial charge in [0.25, 0.3) is 0 Å². The molecule has 0 fully saturated rings. The summed E-state index contributed by atoms with van der Waals surface area (Å²) in [5.41, 5.74) is 4.18. The van der Waals surface area contributed by atoms with E-state index in [0.717, 1.165) is 22.3 Å². The van der Waals surface area contributed by atoms with Crippen LogP contribution in [0.4, 0.5) is 4.79 Å². The molecule has 2 aromatic rings. The van der Waals surface area contributed by atoms with Crippen LogP contribution in [0.1, 0.15) is 64.0 Å². The Bertz CT molecular complexity index is 998. The summed E-state index contributed by atoms with van der Waals surface area (Å²) < 4.78 is 5.58. The smallest absolute Gasteiger partial charge is 0.407 e. The van der Waals surface area contributed by atoms with E-state index < -0.39 is 29.6 Å². The zero-order valence-electron chi connectivity index (χ0n) is 20.3. The molecule has 0 aliphatic heterocycles. The van der Waals surface area contributed by atoms with E-state index in [1.54, 1.807) is 0 Å². The van der Waals surface area contributed by atoms with Crippen molar-refractivity contribution in [1.82, 2.24) is 10.6 Å². The van der Waals surface area contributed by atoms with Crippen molar-refractivity contribution in [2.45, 2.75) is 65.0 Å². The molecule has 0 heterocycles. The molecule has 0 saturated carbocycles. The first-order valence-corrected chi connectivity index (χ1v) is 11.7. The number of fused-ring (bicyclic) bond motifs is 3. The first kappa shape index (κ1) is 25.3. The quantitative estimate of drug-likeness (QED) is 0.497. The Morgan fingerprint density at radius 1 is 0.941 bits per heavy atom. The number of amides is 2. The number of hydrogen-bond donors (Lipinski definition) is 3. The molecule has 7 nitrogen and oxygen atoms in total. The van der Waals surface area contributed by atoms with Crippen molar-refractivity contribution in [3.05, 3.63) is 59.7 Å². The Kier molecular flexibility index (Phi) is 7.97. The van der Waals surface area contributed by atoms with E-state index in [0.29, 0.717) is 6.42 Å². The summed E-state index contributed by atoms with van der Waals surface area (Å²) in [5.74, 6) is -1.30. The molecule has 0 aromatic heterocycles. The van der Waals surface area contributed by atoms with Crippen LogP contribution in [0.25, 0.3) is 11.1 Å². The van der Waals surface area contributed by atoms with Gasteiger partial charge in [0.05, 0.1) is 6.42 Å². The number of carbonyl (C=O) groups excluding carboxylic acids is 2. The van der Waals surface area contributed by atoms with Crippen molar-refractivity contribution in [2.24, 2.45) is 5.41 Å². The second-order valence-electron chi connectivity index (χ2n) is 9.86. The topological polar surface area (TPSA) is 105 Å². The minimum atomic E-state index is -0.968. The van der Waals surface area contributed by atoms with Crippen LogP contribution >= 0.6 is 0 Å². The van der Waals surface area contributed by atoms with Crippen LogP contribution in [0, 0.1) is 5.41 Å². The van der Waals surface area contributed by atoms with Crippen molar-refractivity contribution in [3.63, 3.8) is 0 Å². The largest absolute Gasteiger partial charge is 0.481 e. The second-order valence-corrected chi connectivity index (χ2v) is 9.86. The van der Waals surface area contributed by atoms with E-state index in [2.05, 4.69) is 34.9 Å². The van der Waals surface area contributed by atoms with Crippen LogP contribution in [0.15, 0.2) is 48.5 Å². The van der Waals surface area contributed by atoms with Crippen LogP contribution in [0.5, 0.6) is 0 Å². The molecular formula is C27H34N2O5. The van der Waals surface area contributed by atoms with Gasteiger partial charge in [-0.05, 0) is 34.1 Å². The summed E-state index contributed by atoms with van der Waals surface area (Å²) in [7, 11) is 0. The number of carbonyl (C=O) groups is 3. The lowest BCUT2D eigenvalue weighted by Crippen LogP contribution is -2.47. The molecule has 7 heteroatoms. The molecule has 34 heavy (non-hydrogen) atoms. The van der Waals surface area contributed by atoms with E-state index in [1.165, 1.54) is 0 Å². The zero-order chi connectivity index (χ0) is 24.9. The molecule has 3 rings (SSSR count). The maximum absolute atomic E-state index is 12.6. The van der Waals surface area contributed by atoms with E-state index in [4.69, 9.17) is 9.84 Å². The van der Waals surface area contributed by atoms with Crippen LogP contribution in [-0.2, 0) is 14.3 Å². The molecular weight excluding hydrogens is 432 g/mol. The van der Waals surface area contributed by atoms with Gasteiger partial charge in [0.1, 0.15) is 6.61 Å². The van der Waals surface area contributed by atoms with Gasteiger partial charge in [-0.3, -0.25) is 9.59 Å². The van der Waals surface area contributed by atoms with E-state index in [9.17, 15) is 14.4 Å². The third kappa shape index (κ3) is 6.16. The Labute approximate surface area is 200 Å². The predicted octanol–water partition coefficient (Wildman–Crippen LogP) is 4.70. The molecule has 2 atom stereocenters. The molecule has 1 aliphatic rings. The number of hydrogen-bond acceptors (Lipinski definition) is 4. The van der Waals surface area contributed by atoms with Crippen LogP contribution < -0.4 is 10.6 Å². The fraction of sp³-hybridized carbons (Fsp3) is 0.444. The monoisotopic (exact) mass is 466 g/mol. The van der Waals surface area contributed by atoms with Gasteiger partial charge in [0.2, 0.25) is 5.91 Å². The van der Waals surface area contributed by atoms with Crippen molar-refractivity contribution >= 4 is 18.0 Å². The molecule has 0 saturated heterocycles. The summed E-state index contributed by atoms with van der Waals surface area (Å²) in [4.78, 5) is 36.3. The summed E-state index contributed by atoms with van der Waals surface area (Å²) >= 11 is 0. The minimum Gasteiger partial charge on any atom is -0.481 e. The fourth-order valence-corrected chi connectivity index (χ4v) is 4.33. The number of ether oxygens (including phenoxy) is 1. The molecule has 1 unspecified atom stereocenters. The molecule has 182 valence electrons. The molecule has 2 aromatic carbocycles. The van der Waals surface area contributed by atoms with Gasteiger partial charge >= 0.3 is 12.1 Å². The summed E-state index contributed by atoms with van der Waals surface area (Å²) in [5, 5.41) is 14.8. The number of benzene rings is 2. The Morgan fingerprint density at radius 3 is 2.00 bits per heavy atom. The molecule has 0 radical (unpaired) electrons. The number of alkyl carbamates (subject to hydrolysis) is 1. The lowest BCUT2D eigenvalue weighted by molar-refractivity contribution is -0.138. The van der Waals surface area contributed by atoms with Crippen molar-refractivity contribution < 1.29 is 24.2 Å². The SMILES string of the molecule is CC[C@H](CC(=O)NC(CC(=O)O)C(C)(C)C)NC(=O)OCC1c2ccccc2-c2ccccc21. The van der Waals surface area contributed by atoms with Gasteiger partial charge < -0.3 is 20.5 Å². The normalized spacial score (nSPS) is 14.5. The highest BCUT2D eigenvalue weighted by Crippen LogP contribution is 2.44. The second kappa shape index (κ2) is 10.7. The highest BCUT2D eigenvalue weighted by Gasteiger charge is 2.31. The first-order valence-electron chi connectivity index (χ1n) is 11.7. The van der Waals surface area contributed by atoms with Crippen molar-refractivity contribution in [1.29, 1.82) is 0 Å². The fourth-order valence-electron chi connectivity index (χ4n) is 4.33. The van der Waals surface area contributed by atoms with Gasteiger partial charge in [0.15, 0.2) is 0 Å². The lowest BCUT2D eigenvalue weighted by Gasteiger charge is -2.31. The molecule has 0 bridgehead atoms. The van der Waals surface area contributed by atoms with Gasteiger partial charge in [-0.15, -0.1) is 0 Å². The number of carboxylic acid groups (broad SMARTS) is 1. The van der Waals surface area contributed by atoms with E-state index >= 15 is 0 Å². The summed E-state index contributed by atoms with van der Waals surface area (Å²) in [6.07, 6.45) is -0.144. The number of rotatable bonds is 9. The Balaban J connectivity index is 1.57. The molecule has 3 N–H and O–H groups in total. The Hall–Kier alpha value is -3.35. The number of carboxylic acids is 1. The minimum absolute atomic E-state index is 0.0370. The number of aliphatic carboxylic acids is 1. The highest BCUT2D eigenvalue weighted by atomic mass is 16.5. The molecule has 1 aliphatic carbocycles. The van der Waals surface area contributed by atoms with Gasteiger partial charge in [0, 0.05) is 24.4 Å². The summed E-state index contributed by atoms with van der Waals surface area (Å²) in [6.45, 7) is 7.72. The van der Waals surface area contributed by atoms with Gasteiger partial charge in [-0.1, -0.05) is 76.2 Å².